The van der Waals surface area contributed by atoms with Crippen LogP contribution in [0, 0.1) is 0 Å². The topological polar surface area (TPSA) is 64.4 Å². The zero-order valence-electron chi connectivity index (χ0n) is 16.2. The molecule has 1 heterocycles. The second kappa shape index (κ2) is 9.36. The summed E-state index contributed by atoms with van der Waals surface area (Å²) < 4.78 is 49.3. The summed E-state index contributed by atoms with van der Waals surface area (Å²) in [6.07, 6.45) is -2.52. The lowest BCUT2D eigenvalue weighted by molar-refractivity contribution is -0.137. The second-order valence-electron chi connectivity index (χ2n) is 6.25. The van der Waals surface area contributed by atoms with E-state index < -0.39 is 17.6 Å². The average Bonchev–Trinajstić information content (AvgIpc) is 3.19. The molecule has 2 aromatic carbocycles. The van der Waals surface area contributed by atoms with Crippen LogP contribution in [0.5, 0.6) is 0 Å². The number of alkyl halides is 3. The van der Waals surface area contributed by atoms with Gasteiger partial charge in [0, 0.05) is 29.7 Å². The number of carbonyl (C=O) groups excluding carboxylic acids is 1. The van der Waals surface area contributed by atoms with Gasteiger partial charge in [-0.25, -0.2) is 4.98 Å². The Hall–Kier alpha value is -2.78. The van der Waals surface area contributed by atoms with Crippen molar-refractivity contribution in [1.29, 1.82) is 0 Å². The van der Waals surface area contributed by atoms with Gasteiger partial charge in [-0.2, -0.15) is 13.2 Å². The number of hydrogen-bond acceptors (Lipinski definition) is 5. The molecule has 0 aliphatic carbocycles. The van der Waals surface area contributed by atoms with Crippen LogP contribution in [0.25, 0.3) is 22.8 Å². The fourth-order valence-corrected chi connectivity index (χ4v) is 3.17. The van der Waals surface area contributed by atoms with Crippen molar-refractivity contribution in [3.63, 3.8) is 0 Å². The first-order chi connectivity index (χ1) is 14.3. The normalized spacial score (nSPS) is 11.5. The van der Waals surface area contributed by atoms with Gasteiger partial charge in [-0.1, -0.05) is 12.1 Å². The molecule has 0 saturated heterocycles. The molecule has 9 heteroatoms. The maximum atomic E-state index is 12.8. The first-order valence-electron chi connectivity index (χ1n) is 8.93. The lowest BCUT2D eigenvalue weighted by Gasteiger charge is -2.06. The van der Waals surface area contributed by atoms with E-state index in [1.165, 1.54) is 31.0 Å². The fourth-order valence-electron chi connectivity index (χ4n) is 2.71. The van der Waals surface area contributed by atoms with Gasteiger partial charge in [0.2, 0.25) is 5.89 Å². The van der Waals surface area contributed by atoms with Gasteiger partial charge in [0.15, 0.2) is 11.5 Å². The number of halogens is 3. The Morgan fingerprint density at radius 1 is 1.17 bits per heavy atom. The number of ether oxygens (including phenoxy) is 1. The van der Waals surface area contributed by atoms with Crippen molar-refractivity contribution in [3.05, 3.63) is 59.8 Å². The number of thioether (sulfide) groups is 1. The van der Waals surface area contributed by atoms with Crippen molar-refractivity contribution in [2.75, 3.05) is 26.5 Å². The predicted molar refractivity (Wildman–Crippen MR) is 108 cm³/mol. The zero-order valence-corrected chi connectivity index (χ0v) is 17.1. The third-order valence-electron chi connectivity index (χ3n) is 4.23. The minimum atomic E-state index is -4.44. The SMILES string of the molecule is COCCNC(=O)c1nc(-c2ccc(C(F)(F)F)cc2)oc1-c1cccc(SC)c1. The highest BCUT2D eigenvalue weighted by Crippen LogP contribution is 2.34. The third kappa shape index (κ3) is 5.03. The summed E-state index contributed by atoms with van der Waals surface area (Å²) in [5, 5.41) is 2.69. The van der Waals surface area contributed by atoms with Gasteiger partial charge in [-0.05, 0) is 42.7 Å². The lowest BCUT2D eigenvalue weighted by atomic mass is 10.1. The van der Waals surface area contributed by atoms with E-state index in [2.05, 4.69) is 10.3 Å². The molecule has 1 amide bonds. The Bertz CT molecular complexity index is 1020. The molecule has 0 saturated carbocycles. The summed E-state index contributed by atoms with van der Waals surface area (Å²) in [5.74, 6) is -0.153. The number of hydrogen-bond donors (Lipinski definition) is 1. The molecule has 3 aromatic rings. The molecule has 3 rings (SSSR count). The molecule has 1 aromatic heterocycles. The molecule has 0 unspecified atom stereocenters. The molecule has 30 heavy (non-hydrogen) atoms. The van der Waals surface area contributed by atoms with Gasteiger partial charge in [0.05, 0.1) is 12.2 Å². The number of nitrogens with zero attached hydrogens (tertiary/aromatic N) is 1. The van der Waals surface area contributed by atoms with E-state index in [1.54, 1.807) is 6.07 Å². The summed E-state index contributed by atoms with van der Waals surface area (Å²) >= 11 is 1.53. The maximum absolute atomic E-state index is 12.8. The highest BCUT2D eigenvalue weighted by molar-refractivity contribution is 7.98. The van der Waals surface area contributed by atoms with E-state index in [0.29, 0.717) is 17.7 Å². The zero-order chi connectivity index (χ0) is 21.7. The number of amides is 1. The summed E-state index contributed by atoms with van der Waals surface area (Å²) in [4.78, 5) is 17.9. The standard InChI is InChI=1S/C21H19F3N2O3S/c1-28-11-10-25-19(27)17-18(14-4-3-5-16(12-14)30-2)29-20(26-17)13-6-8-15(9-7-13)21(22,23)24/h3-9,12H,10-11H2,1-2H3,(H,25,27). The van der Waals surface area contributed by atoms with Crippen LogP contribution in [0.4, 0.5) is 13.2 Å². The molecule has 1 N–H and O–H groups in total. The smallest absolute Gasteiger partial charge is 0.416 e. The van der Waals surface area contributed by atoms with Crippen LogP contribution in [-0.4, -0.2) is 37.4 Å². The molecular weight excluding hydrogens is 417 g/mol. The van der Waals surface area contributed by atoms with E-state index in [-0.39, 0.29) is 23.9 Å². The molecule has 5 nitrogen and oxygen atoms in total. The first kappa shape index (κ1) is 21.9. The molecule has 0 fully saturated rings. The van der Waals surface area contributed by atoms with Gasteiger partial charge in [-0.15, -0.1) is 11.8 Å². The van der Waals surface area contributed by atoms with Gasteiger partial charge in [-0.3, -0.25) is 4.79 Å². The van der Waals surface area contributed by atoms with Crippen LogP contribution in [0.15, 0.2) is 57.8 Å². The van der Waals surface area contributed by atoms with Crippen molar-refractivity contribution in [2.24, 2.45) is 0 Å². The van der Waals surface area contributed by atoms with Crippen LogP contribution >= 0.6 is 11.8 Å². The Kier molecular flexibility index (Phi) is 6.84. The Morgan fingerprint density at radius 2 is 1.90 bits per heavy atom. The van der Waals surface area contributed by atoms with E-state index in [0.717, 1.165) is 17.0 Å². The Balaban J connectivity index is 2.02. The van der Waals surface area contributed by atoms with Crippen LogP contribution < -0.4 is 5.32 Å². The first-order valence-corrected chi connectivity index (χ1v) is 10.2. The van der Waals surface area contributed by atoms with E-state index in [4.69, 9.17) is 9.15 Å². The number of carbonyl (C=O) groups is 1. The van der Waals surface area contributed by atoms with Gasteiger partial charge in [0.1, 0.15) is 0 Å². The number of rotatable bonds is 7. The van der Waals surface area contributed by atoms with Crippen molar-refractivity contribution in [2.45, 2.75) is 11.1 Å². The number of methoxy groups -OCH3 is 1. The largest absolute Gasteiger partial charge is 0.435 e. The van der Waals surface area contributed by atoms with Gasteiger partial charge >= 0.3 is 6.18 Å². The average molecular weight is 436 g/mol. The summed E-state index contributed by atoms with van der Waals surface area (Å²) in [7, 11) is 1.52. The fraction of sp³-hybridized carbons (Fsp3) is 0.238. The summed E-state index contributed by atoms with van der Waals surface area (Å²) in [6, 6.07) is 11.8. The highest BCUT2D eigenvalue weighted by Gasteiger charge is 2.30. The Labute approximate surface area is 175 Å². The molecule has 0 aliphatic heterocycles. The third-order valence-corrected chi connectivity index (χ3v) is 4.95. The minimum Gasteiger partial charge on any atom is -0.435 e. The second-order valence-corrected chi connectivity index (χ2v) is 7.13. The molecule has 158 valence electrons. The quantitative estimate of drug-likeness (QED) is 0.411. The van der Waals surface area contributed by atoms with Gasteiger partial charge in [0.25, 0.3) is 5.91 Å². The van der Waals surface area contributed by atoms with Crippen LogP contribution in [0.1, 0.15) is 16.1 Å². The van der Waals surface area contributed by atoms with Crippen molar-refractivity contribution in [3.8, 4) is 22.8 Å². The monoisotopic (exact) mass is 436 g/mol. The summed E-state index contributed by atoms with van der Waals surface area (Å²) in [5.41, 5.74) is 0.258. The molecule has 0 spiro atoms. The number of benzene rings is 2. The van der Waals surface area contributed by atoms with E-state index in [9.17, 15) is 18.0 Å². The molecular formula is C21H19F3N2O3S. The van der Waals surface area contributed by atoms with Crippen molar-refractivity contribution < 1.29 is 27.1 Å². The molecule has 0 radical (unpaired) electrons. The van der Waals surface area contributed by atoms with Crippen molar-refractivity contribution >= 4 is 17.7 Å². The van der Waals surface area contributed by atoms with Crippen LogP contribution in [-0.2, 0) is 10.9 Å². The maximum Gasteiger partial charge on any atom is 0.416 e. The number of nitrogens with one attached hydrogen (secondary N) is 1. The highest BCUT2D eigenvalue weighted by atomic mass is 32.2. The number of oxazole rings is 1. The molecule has 0 aliphatic rings. The predicted octanol–water partition coefficient (Wildman–Crippen LogP) is 5.13. The number of aromatic nitrogens is 1. The minimum absolute atomic E-state index is 0.0549. The van der Waals surface area contributed by atoms with Crippen LogP contribution in [0.3, 0.4) is 0 Å². The van der Waals surface area contributed by atoms with Crippen molar-refractivity contribution in [1.82, 2.24) is 10.3 Å². The Morgan fingerprint density at radius 3 is 2.53 bits per heavy atom. The molecule has 0 bridgehead atoms. The lowest BCUT2D eigenvalue weighted by Crippen LogP contribution is -2.27. The summed E-state index contributed by atoms with van der Waals surface area (Å²) in [6.45, 7) is 0.606. The van der Waals surface area contributed by atoms with Crippen LogP contribution in [0.2, 0.25) is 0 Å². The van der Waals surface area contributed by atoms with E-state index in [1.807, 2.05) is 24.5 Å². The van der Waals surface area contributed by atoms with Gasteiger partial charge < -0.3 is 14.5 Å². The molecule has 0 atom stereocenters. The van der Waals surface area contributed by atoms with E-state index >= 15 is 0 Å².